The normalized spacial score (nSPS) is 14.7. The van der Waals surface area contributed by atoms with Gasteiger partial charge in [0.15, 0.2) is 0 Å². The zero-order valence-corrected chi connectivity index (χ0v) is 14.5. The summed E-state index contributed by atoms with van der Waals surface area (Å²) in [5, 5.41) is 1.15. The van der Waals surface area contributed by atoms with Crippen molar-refractivity contribution in [2.24, 2.45) is 0 Å². The number of aryl methyl sites for hydroxylation is 1. The molecular formula is C17H19Cl2N3O. The van der Waals surface area contributed by atoms with E-state index in [1.54, 1.807) is 6.07 Å². The van der Waals surface area contributed by atoms with E-state index in [1.165, 1.54) is 0 Å². The molecule has 0 fully saturated rings. The fourth-order valence-corrected chi connectivity index (χ4v) is 3.31. The van der Waals surface area contributed by atoms with Crippen LogP contribution in [0.3, 0.4) is 0 Å². The molecule has 0 atom stereocenters. The monoisotopic (exact) mass is 351 g/mol. The van der Waals surface area contributed by atoms with E-state index < -0.39 is 0 Å². The first kappa shape index (κ1) is 16.5. The average molecular weight is 352 g/mol. The average Bonchev–Trinajstić information content (AvgIpc) is 2.53. The van der Waals surface area contributed by atoms with Gasteiger partial charge in [-0.1, -0.05) is 42.3 Å². The molecule has 122 valence electrons. The number of halogens is 2. The quantitative estimate of drug-likeness (QED) is 0.915. The van der Waals surface area contributed by atoms with Crippen LogP contribution in [-0.4, -0.2) is 21.4 Å². The number of benzene rings is 1. The van der Waals surface area contributed by atoms with Crippen molar-refractivity contribution in [2.45, 2.75) is 39.3 Å². The first-order chi connectivity index (χ1) is 11.1. The summed E-state index contributed by atoms with van der Waals surface area (Å²) in [6.45, 7) is 4.20. The molecule has 1 aliphatic heterocycles. The van der Waals surface area contributed by atoms with Gasteiger partial charge in [0.1, 0.15) is 5.82 Å². The minimum Gasteiger partial charge on any atom is -0.310 e. The molecule has 6 heteroatoms. The van der Waals surface area contributed by atoms with Gasteiger partial charge in [0.25, 0.3) is 5.56 Å². The molecule has 0 bridgehead atoms. The van der Waals surface area contributed by atoms with Gasteiger partial charge in [-0.05, 0) is 18.1 Å². The summed E-state index contributed by atoms with van der Waals surface area (Å²) in [5.41, 5.74) is 2.68. The first-order valence-corrected chi connectivity index (χ1v) is 8.60. The van der Waals surface area contributed by atoms with Crippen LogP contribution < -0.4 is 5.56 Å². The van der Waals surface area contributed by atoms with Crippen molar-refractivity contribution in [1.29, 1.82) is 0 Å². The number of hydrogen-bond donors (Lipinski definition) is 1. The number of H-pyrrole nitrogens is 1. The Morgan fingerprint density at radius 2 is 2.17 bits per heavy atom. The Bertz CT molecular complexity index is 773. The van der Waals surface area contributed by atoms with Crippen molar-refractivity contribution >= 4 is 23.2 Å². The molecule has 4 nitrogen and oxygen atoms in total. The predicted molar refractivity (Wildman–Crippen MR) is 93.1 cm³/mol. The summed E-state index contributed by atoms with van der Waals surface area (Å²) < 4.78 is 0. The zero-order chi connectivity index (χ0) is 16.4. The van der Waals surface area contributed by atoms with E-state index in [-0.39, 0.29) is 5.56 Å². The highest BCUT2D eigenvalue weighted by atomic mass is 35.5. The standard InChI is InChI=1S/C17H19Cl2N3O/c1-2-4-15-20-14-7-8-22(10-12(14)17(23)21-15)9-11-5-3-6-13(18)16(11)19/h3,5-6H,2,4,7-10H2,1H3,(H,20,21,23). The lowest BCUT2D eigenvalue weighted by atomic mass is 10.1. The highest BCUT2D eigenvalue weighted by molar-refractivity contribution is 6.42. The molecule has 2 heterocycles. The fraction of sp³-hybridized carbons (Fsp3) is 0.412. The van der Waals surface area contributed by atoms with E-state index in [9.17, 15) is 4.79 Å². The molecule has 1 aromatic carbocycles. The summed E-state index contributed by atoms with van der Waals surface area (Å²) in [7, 11) is 0. The molecule has 0 amide bonds. The van der Waals surface area contributed by atoms with Crippen LogP contribution in [0.5, 0.6) is 0 Å². The van der Waals surface area contributed by atoms with Gasteiger partial charge in [-0.15, -0.1) is 0 Å². The van der Waals surface area contributed by atoms with Crippen LogP contribution in [0.4, 0.5) is 0 Å². The highest BCUT2D eigenvalue weighted by Crippen LogP contribution is 2.27. The molecule has 23 heavy (non-hydrogen) atoms. The van der Waals surface area contributed by atoms with Gasteiger partial charge in [-0.3, -0.25) is 9.69 Å². The maximum atomic E-state index is 12.3. The maximum Gasteiger partial charge on any atom is 0.255 e. The van der Waals surface area contributed by atoms with Crippen molar-refractivity contribution in [3.05, 3.63) is 61.2 Å². The van der Waals surface area contributed by atoms with Crippen molar-refractivity contribution in [1.82, 2.24) is 14.9 Å². The number of hydrogen-bond acceptors (Lipinski definition) is 3. The van der Waals surface area contributed by atoms with Crippen LogP contribution in [0.2, 0.25) is 10.0 Å². The number of aromatic amines is 1. The van der Waals surface area contributed by atoms with Crippen LogP contribution in [0.15, 0.2) is 23.0 Å². The lowest BCUT2D eigenvalue weighted by molar-refractivity contribution is 0.241. The molecule has 0 aliphatic carbocycles. The fourth-order valence-electron chi connectivity index (χ4n) is 2.93. The largest absolute Gasteiger partial charge is 0.310 e. The van der Waals surface area contributed by atoms with Crippen molar-refractivity contribution < 1.29 is 0 Å². The second-order valence-corrected chi connectivity index (χ2v) is 6.65. The van der Waals surface area contributed by atoms with Gasteiger partial charge in [-0.25, -0.2) is 4.98 Å². The molecule has 1 aliphatic rings. The summed E-state index contributed by atoms with van der Waals surface area (Å²) in [6, 6.07) is 5.65. The van der Waals surface area contributed by atoms with E-state index in [4.69, 9.17) is 23.2 Å². The molecule has 0 saturated heterocycles. The second kappa shape index (κ2) is 7.04. The molecule has 2 aromatic rings. The maximum absolute atomic E-state index is 12.3. The van der Waals surface area contributed by atoms with Crippen LogP contribution >= 0.6 is 23.2 Å². The topological polar surface area (TPSA) is 49.0 Å². The Kier molecular flexibility index (Phi) is 5.05. The molecule has 0 spiro atoms. The smallest absolute Gasteiger partial charge is 0.255 e. The van der Waals surface area contributed by atoms with Gasteiger partial charge in [-0.2, -0.15) is 0 Å². The number of nitrogens with zero attached hydrogens (tertiary/aromatic N) is 2. The molecular weight excluding hydrogens is 333 g/mol. The molecule has 0 radical (unpaired) electrons. The zero-order valence-electron chi connectivity index (χ0n) is 13.0. The number of aromatic nitrogens is 2. The van der Waals surface area contributed by atoms with Crippen LogP contribution in [0.1, 0.15) is 36.0 Å². The Morgan fingerprint density at radius 1 is 1.35 bits per heavy atom. The molecule has 1 N–H and O–H groups in total. The van der Waals surface area contributed by atoms with Gasteiger partial charge < -0.3 is 4.98 Å². The third-order valence-corrected chi connectivity index (χ3v) is 4.97. The van der Waals surface area contributed by atoms with E-state index in [2.05, 4.69) is 21.8 Å². The third kappa shape index (κ3) is 3.60. The van der Waals surface area contributed by atoms with Gasteiger partial charge in [0, 0.05) is 32.5 Å². The van der Waals surface area contributed by atoms with Gasteiger partial charge in [0.05, 0.1) is 21.3 Å². The van der Waals surface area contributed by atoms with Crippen LogP contribution in [0.25, 0.3) is 0 Å². The van der Waals surface area contributed by atoms with Gasteiger partial charge in [0.2, 0.25) is 0 Å². The highest BCUT2D eigenvalue weighted by Gasteiger charge is 2.21. The minimum atomic E-state index is -0.0136. The van der Waals surface area contributed by atoms with Gasteiger partial charge >= 0.3 is 0 Å². The van der Waals surface area contributed by atoms with E-state index in [0.29, 0.717) is 23.1 Å². The SMILES string of the molecule is CCCc1nc2c(c(=O)[nH]1)CN(Cc1cccc(Cl)c1Cl)CC2. The van der Waals surface area contributed by atoms with Crippen molar-refractivity contribution in [2.75, 3.05) is 6.54 Å². The van der Waals surface area contributed by atoms with E-state index in [0.717, 1.165) is 48.5 Å². The van der Waals surface area contributed by atoms with E-state index in [1.807, 2.05) is 12.1 Å². The molecule has 1 aromatic heterocycles. The molecule has 0 saturated carbocycles. The summed E-state index contributed by atoms with van der Waals surface area (Å²) in [4.78, 5) is 22.0. The third-order valence-electron chi connectivity index (χ3n) is 4.11. The lowest BCUT2D eigenvalue weighted by Crippen LogP contribution is -2.35. The lowest BCUT2D eigenvalue weighted by Gasteiger charge is -2.28. The minimum absolute atomic E-state index is 0.0136. The predicted octanol–water partition coefficient (Wildman–Crippen LogP) is 3.59. The molecule has 3 rings (SSSR count). The Balaban J connectivity index is 1.80. The van der Waals surface area contributed by atoms with Crippen molar-refractivity contribution in [3.8, 4) is 0 Å². The summed E-state index contributed by atoms with van der Waals surface area (Å²) >= 11 is 12.3. The Hall–Kier alpha value is -1.36. The Morgan fingerprint density at radius 3 is 2.96 bits per heavy atom. The van der Waals surface area contributed by atoms with Crippen LogP contribution in [-0.2, 0) is 25.9 Å². The summed E-state index contributed by atoms with van der Waals surface area (Å²) in [5.74, 6) is 0.794. The number of fused-ring (bicyclic) bond motifs is 1. The molecule has 0 unspecified atom stereocenters. The second-order valence-electron chi connectivity index (χ2n) is 5.86. The first-order valence-electron chi connectivity index (χ1n) is 7.84. The number of nitrogens with one attached hydrogen (secondary N) is 1. The van der Waals surface area contributed by atoms with Crippen molar-refractivity contribution in [3.63, 3.8) is 0 Å². The Labute approximate surface area is 145 Å². The summed E-state index contributed by atoms with van der Waals surface area (Å²) in [6.07, 6.45) is 2.57. The van der Waals surface area contributed by atoms with Crippen LogP contribution in [0, 0.1) is 0 Å². The van der Waals surface area contributed by atoms with E-state index >= 15 is 0 Å². The number of rotatable bonds is 4.